The molecular formula is C20H18N2O2S. The van der Waals surface area contributed by atoms with Crippen molar-refractivity contribution < 1.29 is 4.74 Å². The second kappa shape index (κ2) is 6.35. The van der Waals surface area contributed by atoms with Gasteiger partial charge in [-0.2, -0.15) is 0 Å². The standard InChI is InChI=1S/C20H18N2O2S/c1-21-11-12-3-5-13(6-4-12)17-16(24-2)8-7-15-18(17)14-9-10-25-19(14)20(23)22-15/h3-10,21H,11H2,1-2H3,(H,22,23). The van der Waals surface area contributed by atoms with E-state index in [0.717, 1.165) is 44.4 Å². The molecule has 2 aromatic heterocycles. The van der Waals surface area contributed by atoms with E-state index in [2.05, 4.69) is 34.6 Å². The maximum absolute atomic E-state index is 12.3. The van der Waals surface area contributed by atoms with Crippen molar-refractivity contribution in [1.29, 1.82) is 0 Å². The highest BCUT2D eigenvalue weighted by Gasteiger charge is 2.16. The number of fused-ring (bicyclic) bond motifs is 3. The minimum absolute atomic E-state index is 0.0435. The summed E-state index contributed by atoms with van der Waals surface area (Å²) in [5.74, 6) is 0.799. The zero-order valence-corrected chi connectivity index (χ0v) is 14.9. The third kappa shape index (κ3) is 2.62. The van der Waals surface area contributed by atoms with Gasteiger partial charge in [0, 0.05) is 28.4 Å². The van der Waals surface area contributed by atoms with Crippen LogP contribution in [0.4, 0.5) is 0 Å². The number of benzene rings is 2. The Balaban J connectivity index is 2.06. The summed E-state index contributed by atoms with van der Waals surface area (Å²) < 4.78 is 6.38. The van der Waals surface area contributed by atoms with Crippen LogP contribution in [0.15, 0.2) is 52.6 Å². The number of ether oxygens (including phenoxy) is 1. The molecule has 0 radical (unpaired) electrons. The van der Waals surface area contributed by atoms with E-state index in [4.69, 9.17) is 4.74 Å². The molecule has 0 aliphatic heterocycles. The van der Waals surface area contributed by atoms with Gasteiger partial charge in [0.1, 0.15) is 10.4 Å². The van der Waals surface area contributed by atoms with E-state index >= 15 is 0 Å². The Labute approximate surface area is 149 Å². The molecule has 4 nitrogen and oxygen atoms in total. The molecule has 2 aromatic carbocycles. The molecule has 2 N–H and O–H groups in total. The number of hydrogen-bond acceptors (Lipinski definition) is 4. The van der Waals surface area contributed by atoms with Gasteiger partial charge in [0.05, 0.1) is 7.11 Å². The summed E-state index contributed by atoms with van der Waals surface area (Å²) in [4.78, 5) is 15.3. The van der Waals surface area contributed by atoms with Crippen LogP contribution in [0.3, 0.4) is 0 Å². The van der Waals surface area contributed by atoms with Crippen LogP contribution in [0.5, 0.6) is 5.75 Å². The van der Waals surface area contributed by atoms with Crippen LogP contribution in [0, 0.1) is 0 Å². The summed E-state index contributed by atoms with van der Waals surface area (Å²) in [7, 11) is 3.61. The molecule has 5 heteroatoms. The Morgan fingerprint density at radius 3 is 2.64 bits per heavy atom. The Morgan fingerprint density at radius 2 is 1.92 bits per heavy atom. The van der Waals surface area contributed by atoms with Crippen molar-refractivity contribution in [3.8, 4) is 16.9 Å². The lowest BCUT2D eigenvalue weighted by Gasteiger charge is -2.14. The second-order valence-corrected chi connectivity index (χ2v) is 6.83. The van der Waals surface area contributed by atoms with E-state index in [1.807, 2.05) is 30.6 Å². The molecule has 0 aliphatic carbocycles. The maximum atomic E-state index is 12.3. The van der Waals surface area contributed by atoms with Crippen LogP contribution in [-0.4, -0.2) is 19.1 Å². The number of hydrogen-bond donors (Lipinski definition) is 2. The lowest BCUT2D eigenvalue weighted by Crippen LogP contribution is -2.05. The van der Waals surface area contributed by atoms with Gasteiger partial charge >= 0.3 is 0 Å². The molecule has 0 spiro atoms. The second-order valence-electron chi connectivity index (χ2n) is 5.91. The molecule has 25 heavy (non-hydrogen) atoms. The first-order valence-electron chi connectivity index (χ1n) is 8.07. The van der Waals surface area contributed by atoms with E-state index in [9.17, 15) is 4.79 Å². The molecule has 4 aromatic rings. The summed E-state index contributed by atoms with van der Waals surface area (Å²) in [5.41, 5.74) is 4.08. The third-order valence-corrected chi connectivity index (χ3v) is 5.31. The normalized spacial score (nSPS) is 11.3. The molecule has 0 unspecified atom stereocenters. The van der Waals surface area contributed by atoms with E-state index in [-0.39, 0.29) is 5.56 Å². The molecule has 0 atom stereocenters. The van der Waals surface area contributed by atoms with Gasteiger partial charge in [-0.1, -0.05) is 24.3 Å². The molecule has 0 aliphatic rings. The number of aromatic nitrogens is 1. The van der Waals surface area contributed by atoms with Gasteiger partial charge in [-0.3, -0.25) is 4.79 Å². The predicted molar refractivity (Wildman–Crippen MR) is 105 cm³/mol. The molecule has 0 amide bonds. The summed E-state index contributed by atoms with van der Waals surface area (Å²) in [6, 6.07) is 14.3. The fourth-order valence-corrected chi connectivity index (χ4v) is 4.07. The lowest BCUT2D eigenvalue weighted by atomic mass is 9.96. The lowest BCUT2D eigenvalue weighted by molar-refractivity contribution is 0.417. The van der Waals surface area contributed by atoms with Crippen molar-refractivity contribution in [2.24, 2.45) is 0 Å². The average Bonchev–Trinajstić information content (AvgIpc) is 3.12. The smallest absolute Gasteiger partial charge is 0.266 e. The van der Waals surface area contributed by atoms with Gasteiger partial charge in [0.25, 0.3) is 5.56 Å². The largest absolute Gasteiger partial charge is 0.496 e. The maximum Gasteiger partial charge on any atom is 0.266 e. The van der Waals surface area contributed by atoms with E-state index in [1.54, 1.807) is 7.11 Å². The number of aromatic amines is 1. The number of nitrogens with one attached hydrogen (secondary N) is 2. The van der Waals surface area contributed by atoms with Gasteiger partial charge < -0.3 is 15.0 Å². The summed E-state index contributed by atoms with van der Waals surface area (Å²) in [6.07, 6.45) is 0. The van der Waals surface area contributed by atoms with Crippen molar-refractivity contribution in [1.82, 2.24) is 10.3 Å². The first-order valence-corrected chi connectivity index (χ1v) is 8.95. The van der Waals surface area contributed by atoms with E-state index in [0.29, 0.717) is 0 Å². The molecular weight excluding hydrogens is 332 g/mol. The zero-order valence-electron chi connectivity index (χ0n) is 14.1. The van der Waals surface area contributed by atoms with Crippen molar-refractivity contribution >= 4 is 32.3 Å². The predicted octanol–water partition coefficient (Wildman–Crippen LogP) is 4.14. The SMILES string of the molecule is CNCc1ccc(-c2c(OC)ccc3[nH]c(=O)c4sccc4c23)cc1. The number of methoxy groups -OCH3 is 1. The molecule has 4 rings (SSSR count). The summed E-state index contributed by atoms with van der Waals surface area (Å²) in [5, 5.41) is 7.11. The highest BCUT2D eigenvalue weighted by molar-refractivity contribution is 7.17. The molecule has 0 bridgehead atoms. The Hall–Kier alpha value is -2.63. The van der Waals surface area contributed by atoms with E-state index in [1.165, 1.54) is 16.9 Å². The fourth-order valence-electron chi connectivity index (χ4n) is 3.28. The Bertz CT molecular complexity index is 1110. The molecule has 126 valence electrons. The number of H-pyrrole nitrogens is 1. The van der Waals surface area contributed by atoms with E-state index < -0.39 is 0 Å². The van der Waals surface area contributed by atoms with Crippen molar-refractivity contribution in [3.63, 3.8) is 0 Å². The van der Waals surface area contributed by atoms with Crippen LogP contribution in [0.2, 0.25) is 0 Å². The minimum atomic E-state index is -0.0435. The first-order chi connectivity index (χ1) is 12.2. The molecule has 2 heterocycles. The minimum Gasteiger partial charge on any atom is -0.496 e. The van der Waals surface area contributed by atoms with Crippen LogP contribution in [-0.2, 0) is 6.54 Å². The van der Waals surface area contributed by atoms with Gasteiger partial charge in [0.2, 0.25) is 0 Å². The van der Waals surface area contributed by atoms with Crippen LogP contribution >= 0.6 is 11.3 Å². The summed E-state index contributed by atoms with van der Waals surface area (Å²) in [6.45, 7) is 0.828. The van der Waals surface area contributed by atoms with Crippen molar-refractivity contribution in [2.75, 3.05) is 14.2 Å². The van der Waals surface area contributed by atoms with Gasteiger partial charge in [-0.05, 0) is 41.8 Å². The van der Waals surface area contributed by atoms with Gasteiger partial charge in [-0.15, -0.1) is 11.3 Å². The third-order valence-electron chi connectivity index (χ3n) is 4.40. The Kier molecular flexibility index (Phi) is 4.03. The average molecular weight is 350 g/mol. The number of rotatable bonds is 4. The molecule has 0 saturated carbocycles. The van der Waals surface area contributed by atoms with Crippen LogP contribution < -0.4 is 15.6 Å². The number of thiophene rings is 1. The fraction of sp³-hybridized carbons (Fsp3) is 0.150. The first kappa shape index (κ1) is 15.9. The highest BCUT2D eigenvalue weighted by Crippen LogP contribution is 2.40. The Morgan fingerprint density at radius 1 is 1.12 bits per heavy atom. The van der Waals surface area contributed by atoms with Gasteiger partial charge in [-0.25, -0.2) is 0 Å². The molecule has 0 fully saturated rings. The zero-order chi connectivity index (χ0) is 17.4. The topological polar surface area (TPSA) is 54.1 Å². The van der Waals surface area contributed by atoms with Crippen molar-refractivity contribution in [2.45, 2.75) is 6.54 Å². The number of pyridine rings is 1. The van der Waals surface area contributed by atoms with Crippen LogP contribution in [0.1, 0.15) is 5.56 Å². The monoisotopic (exact) mass is 350 g/mol. The summed E-state index contributed by atoms with van der Waals surface area (Å²) >= 11 is 1.46. The molecule has 0 saturated heterocycles. The van der Waals surface area contributed by atoms with Crippen LogP contribution in [0.25, 0.3) is 32.1 Å². The van der Waals surface area contributed by atoms with Gasteiger partial charge in [0.15, 0.2) is 0 Å². The highest BCUT2D eigenvalue weighted by atomic mass is 32.1. The van der Waals surface area contributed by atoms with Crippen molar-refractivity contribution in [3.05, 3.63) is 63.8 Å². The quantitative estimate of drug-likeness (QED) is 0.582.